The quantitative estimate of drug-likeness (QED) is 0.763. The molecule has 1 fully saturated rings. The molecule has 1 N–H and O–H groups in total. The third-order valence-corrected chi connectivity index (χ3v) is 3.42. The SMILES string of the molecule is O=C(Nc1ncccn1)C1CC2C=CC1C2. The smallest absolute Gasteiger partial charge is 0.230 e. The number of allylic oxidation sites excluding steroid dienone is 2. The minimum Gasteiger partial charge on any atom is -0.294 e. The van der Waals surface area contributed by atoms with E-state index in [1.54, 1.807) is 18.5 Å². The molecule has 3 rings (SSSR count). The fourth-order valence-corrected chi connectivity index (χ4v) is 2.65. The molecule has 3 atom stereocenters. The Morgan fingerprint density at radius 2 is 2.06 bits per heavy atom. The number of fused-ring (bicyclic) bond motifs is 2. The summed E-state index contributed by atoms with van der Waals surface area (Å²) in [4.78, 5) is 20.0. The molecule has 0 aromatic carbocycles. The van der Waals surface area contributed by atoms with Crippen LogP contribution < -0.4 is 5.32 Å². The maximum Gasteiger partial charge on any atom is 0.230 e. The van der Waals surface area contributed by atoms with Gasteiger partial charge in [0, 0.05) is 18.3 Å². The largest absolute Gasteiger partial charge is 0.294 e. The summed E-state index contributed by atoms with van der Waals surface area (Å²) in [5.41, 5.74) is 0. The van der Waals surface area contributed by atoms with Gasteiger partial charge in [0.05, 0.1) is 0 Å². The average Bonchev–Trinajstić information content (AvgIpc) is 2.92. The first-order valence-corrected chi connectivity index (χ1v) is 5.59. The Morgan fingerprint density at radius 1 is 1.25 bits per heavy atom. The maximum absolute atomic E-state index is 12.0. The Bertz CT molecular complexity index is 429. The number of amides is 1. The molecule has 2 aliphatic rings. The van der Waals surface area contributed by atoms with Gasteiger partial charge in [0.2, 0.25) is 11.9 Å². The summed E-state index contributed by atoms with van der Waals surface area (Å²) < 4.78 is 0. The van der Waals surface area contributed by atoms with Gasteiger partial charge in [-0.25, -0.2) is 9.97 Å². The molecule has 0 radical (unpaired) electrons. The maximum atomic E-state index is 12.0. The van der Waals surface area contributed by atoms with Crippen molar-refractivity contribution in [1.82, 2.24) is 9.97 Å². The second-order valence-electron chi connectivity index (χ2n) is 4.45. The fraction of sp³-hybridized carbons (Fsp3) is 0.417. The highest BCUT2D eigenvalue weighted by Crippen LogP contribution is 2.43. The molecule has 4 heteroatoms. The van der Waals surface area contributed by atoms with Gasteiger partial charge in [-0.2, -0.15) is 0 Å². The molecule has 1 saturated carbocycles. The number of aromatic nitrogens is 2. The van der Waals surface area contributed by atoms with Crippen molar-refractivity contribution in [2.75, 3.05) is 5.32 Å². The monoisotopic (exact) mass is 215 g/mol. The summed E-state index contributed by atoms with van der Waals surface area (Å²) in [5, 5.41) is 2.77. The summed E-state index contributed by atoms with van der Waals surface area (Å²) in [7, 11) is 0. The zero-order valence-electron chi connectivity index (χ0n) is 8.84. The Kier molecular flexibility index (Phi) is 2.20. The minimum absolute atomic E-state index is 0.0584. The molecule has 4 nitrogen and oxygen atoms in total. The van der Waals surface area contributed by atoms with Crippen LogP contribution in [0.4, 0.5) is 5.95 Å². The normalized spacial score (nSPS) is 30.6. The van der Waals surface area contributed by atoms with E-state index in [1.165, 1.54) is 0 Å². The summed E-state index contributed by atoms with van der Waals surface area (Å²) in [6, 6.07) is 1.73. The predicted molar refractivity (Wildman–Crippen MR) is 59.5 cm³/mol. The molecule has 82 valence electrons. The Balaban J connectivity index is 1.69. The first-order chi connectivity index (χ1) is 7.83. The van der Waals surface area contributed by atoms with Crippen molar-refractivity contribution in [2.45, 2.75) is 12.8 Å². The van der Waals surface area contributed by atoms with E-state index in [0.717, 1.165) is 12.8 Å². The van der Waals surface area contributed by atoms with E-state index in [1.807, 2.05) is 0 Å². The van der Waals surface area contributed by atoms with Crippen molar-refractivity contribution in [3.8, 4) is 0 Å². The van der Waals surface area contributed by atoms with Gasteiger partial charge in [-0.15, -0.1) is 0 Å². The number of carbonyl (C=O) groups excluding carboxylic acids is 1. The van der Waals surface area contributed by atoms with E-state index in [9.17, 15) is 4.79 Å². The van der Waals surface area contributed by atoms with Gasteiger partial charge in [0.25, 0.3) is 0 Å². The van der Waals surface area contributed by atoms with E-state index >= 15 is 0 Å². The first-order valence-electron chi connectivity index (χ1n) is 5.59. The summed E-state index contributed by atoms with van der Waals surface area (Å²) in [6.07, 6.45) is 9.76. The van der Waals surface area contributed by atoms with Gasteiger partial charge < -0.3 is 0 Å². The average molecular weight is 215 g/mol. The van der Waals surface area contributed by atoms with Gasteiger partial charge in [0.15, 0.2) is 0 Å². The highest BCUT2D eigenvalue weighted by molar-refractivity contribution is 5.91. The van der Waals surface area contributed by atoms with Crippen molar-refractivity contribution in [3.63, 3.8) is 0 Å². The molecule has 3 unspecified atom stereocenters. The lowest BCUT2D eigenvalue weighted by Crippen LogP contribution is -2.26. The van der Waals surface area contributed by atoms with E-state index in [2.05, 4.69) is 27.4 Å². The van der Waals surface area contributed by atoms with Crippen LogP contribution in [0.15, 0.2) is 30.6 Å². The lowest BCUT2D eigenvalue weighted by atomic mass is 9.93. The van der Waals surface area contributed by atoms with Gasteiger partial charge in [0.1, 0.15) is 0 Å². The molecule has 1 amide bonds. The van der Waals surface area contributed by atoms with Gasteiger partial charge in [-0.3, -0.25) is 10.1 Å². The lowest BCUT2D eigenvalue weighted by Gasteiger charge is -2.16. The van der Waals surface area contributed by atoms with E-state index in [0.29, 0.717) is 17.8 Å². The third-order valence-electron chi connectivity index (χ3n) is 3.42. The highest BCUT2D eigenvalue weighted by Gasteiger charge is 2.39. The van der Waals surface area contributed by atoms with Crippen molar-refractivity contribution < 1.29 is 4.79 Å². The summed E-state index contributed by atoms with van der Waals surface area (Å²) in [6.45, 7) is 0. The molecule has 1 heterocycles. The molecule has 0 spiro atoms. The Labute approximate surface area is 93.8 Å². The number of carbonyl (C=O) groups is 1. The van der Waals surface area contributed by atoms with E-state index in [4.69, 9.17) is 0 Å². The zero-order valence-corrected chi connectivity index (χ0v) is 8.84. The number of rotatable bonds is 2. The standard InChI is InChI=1S/C12H13N3O/c16-11(15-12-13-4-1-5-14-12)10-7-8-2-3-9(10)6-8/h1-5,8-10H,6-7H2,(H,13,14,15,16). The number of nitrogens with zero attached hydrogens (tertiary/aromatic N) is 2. The molecular formula is C12H13N3O. The lowest BCUT2D eigenvalue weighted by molar-refractivity contribution is -0.120. The van der Waals surface area contributed by atoms with E-state index in [-0.39, 0.29) is 11.8 Å². The molecule has 2 bridgehead atoms. The van der Waals surface area contributed by atoms with Crippen LogP contribution in [0, 0.1) is 17.8 Å². The van der Waals surface area contributed by atoms with Crippen LogP contribution >= 0.6 is 0 Å². The van der Waals surface area contributed by atoms with E-state index < -0.39 is 0 Å². The second-order valence-corrected chi connectivity index (χ2v) is 4.45. The van der Waals surface area contributed by atoms with Gasteiger partial charge >= 0.3 is 0 Å². The minimum atomic E-state index is 0.0584. The van der Waals surface area contributed by atoms with Crippen LogP contribution in [0.2, 0.25) is 0 Å². The van der Waals surface area contributed by atoms with Crippen LogP contribution in [0.3, 0.4) is 0 Å². The van der Waals surface area contributed by atoms with Gasteiger partial charge in [-0.05, 0) is 30.7 Å². The van der Waals surface area contributed by atoms with Crippen LogP contribution in [-0.2, 0) is 4.79 Å². The number of hydrogen-bond donors (Lipinski definition) is 1. The summed E-state index contributed by atoms with van der Waals surface area (Å²) >= 11 is 0. The molecular weight excluding hydrogens is 202 g/mol. The van der Waals surface area contributed by atoms with Crippen LogP contribution in [0.1, 0.15) is 12.8 Å². The van der Waals surface area contributed by atoms with Crippen LogP contribution in [0.25, 0.3) is 0 Å². The molecule has 16 heavy (non-hydrogen) atoms. The summed E-state index contributed by atoms with van der Waals surface area (Å²) in [5.74, 6) is 1.60. The van der Waals surface area contributed by atoms with Crippen LogP contribution in [0.5, 0.6) is 0 Å². The second kappa shape index (κ2) is 3.70. The Hall–Kier alpha value is -1.71. The van der Waals surface area contributed by atoms with Crippen molar-refractivity contribution in [1.29, 1.82) is 0 Å². The molecule has 2 aliphatic carbocycles. The fourth-order valence-electron chi connectivity index (χ4n) is 2.65. The number of hydrogen-bond acceptors (Lipinski definition) is 3. The highest BCUT2D eigenvalue weighted by atomic mass is 16.2. The third kappa shape index (κ3) is 1.60. The van der Waals surface area contributed by atoms with Crippen molar-refractivity contribution in [3.05, 3.63) is 30.6 Å². The number of nitrogens with one attached hydrogen (secondary N) is 1. The molecule has 0 aliphatic heterocycles. The number of anilines is 1. The van der Waals surface area contributed by atoms with Crippen LogP contribution in [-0.4, -0.2) is 15.9 Å². The van der Waals surface area contributed by atoms with Crippen molar-refractivity contribution in [2.24, 2.45) is 17.8 Å². The van der Waals surface area contributed by atoms with Gasteiger partial charge in [-0.1, -0.05) is 12.2 Å². The molecule has 1 aromatic rings. The van der Waals surface area contributed by atoms with Crippen molar-refractivity contribution >= 4 is 11.9 Å². The Morgan fingerprint density at radius 3 is 2.69 bits per heavy atom. The molecule has 0 saturated heterocycles. The topological polar surface area (TPSA) is 54.9 Å². The first kappa shape index (κ1) is 9.51. The predicted octanol–water partition coefficient (Wildman–Crippen LogP) is 1.63. The zero-order chi connectivity index (χ0) is 11.0. The molecule has 1 aromatic heterocycles.